The van der Waals surface area contributed by atoms with Gasteiger partial charge in [-0.25, -0.2) is 0 Å². The SMILES string of the molecule is CNC.CNC.CNC(=O)CCC(=O)OC.CNC(=O)CCC(=O)OC. The average molecular weight is 380 g/mol. The lowest BCUT2D eigenvalue weighted by Gasteiger charge is -1.97. The fraction of sp³-hybridized carbons (Fsp3) is 0.750. The first-order valence-electron chi connectivity index (χ1n) is 7.96. The number of methoxy groups -OCH3 is 2. The van der Waals surface area contributed by atoms with Crippen LogP contribution in [0.2, 0.25) is 0 Å². The van der Waals surface area contributed by atoms with Gasteiger partial charge in [-0.2, -0.15) is 0 Å². The Morgan fingerprint density at radius 3 is 0.962 bits per heavy atom. The highest BCUT2D eigenvalue weighted by Crippen LogP contribution is 1.90. The summed E-state index contributed by atoms with van der Waals surface area (Å²) in [5, 5.41) is 10.3. The molecule has 0 radical (unpaired) electrons. The maximum Gasteiger partial charge on any atom is 0.306 e. The summed E-state index contributed by atoms with van der Waals surface area (Å²) in [7, 11) is 13.2. The number of carbonyl (C=O) groups is 4. The van der Waals surface area contributed by atoms with Gasteiger partial charge < -0.3 is 30.7 Å². The molecule has 0 bridgehead atoms. The zero-order valence-electron chi connectivity index (χ0n) is 17.3. The monoisotopic (exact) mass is 380 g/mol. The van der Waals surface area contributed by atoms with Crippen LogP contribution in [0.5, 0.6) is 0 Å². The molecule has 10 heteroatoms. The van der Waals surface area contributed by atoms with Gasteiger partial charge in [0.15, 0.2) is 0 Å². The first-order chi connectivity index (χ1) is 12.2. The standard InChI is InChI=1S/2C6H11NO3.2C2H7N/c2*1-7-5(8)3-4-6(9)10-2;2*1-3-2/h2*3-4H2,1-2H3,(H,7,8);2*3H,1-2H3. The molecule has 0 rings (SSSR count). The van der Waals surface area contributed by atoms with Crippen molar-refractivity contribution in [3.05, 3.63) is 0 Å². The van der Waals surface area contributed by atoms with Crippen LogP contribution in [0.3, 0.4) is 0 Å². The molecule has 0 saturated heterocycles. The van der Waals surface area contributed by atoms with Gasteiger partial charge in [0.2, 0.25) is 11.8 Å². The molecule has 0 aromatic rings. The highest BCUT2D eigenvalue weighted by Gasteiger charge is 2.04. The topological polar surface area (TPSA) is 135 Å². The van der Waals surface area contributed by atoms with Crippen LogP contribution >= 0.6 is 0 Å². The fourth-order valence-corrected chi connectivity index (χ4v) is 0.885. The molecule has 0 aliphatic carbocycles. The van der Waals surface area contributed by atoms with Crippen molar-refractivity contribution in [2.24, 2.45) is 0 Å². The van der Waals surface area contributed by atoms with Crippen molar-refractivity contribution < 1.29 is 28.7 Å². The number of carbonyl (C=O) groups excluding carboxylic acids is 4. The lowest BCUT2D eigenvalue weighted by Crippen LogP contribution is -2.18. The Kier molecular flexibility index (Phi) is 33.5. The number of amides is 2. The molecule has 0 aromatic heterocycles. The van der Waals surface area contributed by atoms with E-state index >= 15 is 0 Å². The highest BCUT2D eigenvalue weighted by molar-refractivity contribution is 5.81. The minimum Gasteiger partial charge on any atom is -0.469 e. The molecular formula is C16H36N4O6. The quantitative estimate of drug-likeness (QED) is 0.433. The van der Waals surface area contributed by atoms with Crippen LogP contribution in [0.1, 0.15) is 25.7 Å². The molecular weight excluding hydrogens is 344 g/mol. The van der Waals surface area contributed by atoms with Crippen LogP contribution in [0.15, 0.2) is 0 Å². The van der Waals surface area contributed by atoms with Crippen molar-refractivity contribution >= 4 is 23.8 Å². The predicted octanol–water partition coefficient (Wildman–Crippen LogP) is -0.958. The zero-order valence-corrected chi connectivity index (χ0v) is 17.3. The predicted molar refractivity (Wildman–Crippen MR) is 101 cm³/mol. The van der Waals surface area contributed by atoms with Crippen molar-refractivity contribution in [1.82, 2.24) is 21.3 Å². The van der Waals surface area contributed by atoms with Crippen LogP contribution < -0.4 is 21.3 Å². The van der Waals surface area contributed by atoms with Gasteiger partial charge in [0.25, 0.3) is 0 Å². The van der Waals surface area contributed by atoms with Crippen molar-refractivity contribution in [3.63, 3.8) is 0 Å². The normalized spacial score (nSPS) is 8.00. The van der Waals surface area contributed by atoms with E-state index in [-0.39, 0.29) is 49.4 Å². The molecule has 0 unspecified atom stereocenters. The molecule has 4 N–H and O–H groups in total. The highest BCUT2D eigenvalue weighted by atomic mass is 16.5. The Labute approximate surface area is 156 Å². The number of ether oxygens (including phenoxy) is 2. The molecule has 2 amide bonds. The fourth-order valence-electron chi connectivity index (χ4n) is 0.885. The van der Waals surface area contributed by atoms with Crippen LogP contribution in [-0.4, -0.2) is 80.3 Å². The van der Waals surface area contributed by atoms with E-state index in [4.69, 9.17) is 0 Å². The number of rotatable bonds is 6. The van der Waals surface area contributed by atoms with Crippen molar-refractivity contribution in [3.8, 4) is 0 Å². The van der Waals surface area contributed by atoms with Crippen LogP contribution in [0.4, 0.5) is 0 Å². The molecule has 0 aliphatic rings. The van der Waals surface area contributed by atoms with E-state index in [1.54, 1.807) is 0 Å². The molecule has 10 nitrogen and oxygen atoms in total. The maximum absolute atomic E-state index is 10.5. The van der Waals surface area contributed by atoms with E-state index < -0.39 is 0 Å². The minimum absolute atomic E-state index is 0.148. The van der Waals surface area contributed by atoms with Crippen molar-refractivity contribution in [2.45, 2.75) is 25.7 Å². The van der Waals surface area contributed by atoms with E-state index in [0.29, 0.717) is 0 Å². The van der Waals surface area contributed by atoms with Gasteiger partial charge >= 0.3 is 11.9 Å². The van der Waals surface area contributed by atoms with Gasteiger partial charge in [-0.3, -0.25) is 19.2 Å². The van der Waals surface area contributed by atoms with E-state index in [1.165, 1.54) is 28.3 Å². The molecule has 26 heavy (non-hydrogen) atoms. The van der Waals surface area contributed by atoms with Gasteiger partial charge in [-0.05, 0) is 28.2 Å². The molecule has 0 spiro atoms. The smallest absolute Gasteiger partial charge is 0.306 e. The van der Waals surface area contributed by atoms with Gasteiger partial charge in [0, 0.05) is 26.9 Å². The minimum atomic E-state index is -0.358. The van der Waals surface area contributed by atoms with E-state index in [1.807, 2.05) is 28.2 Å². The Balaban J connectivity index is -0.000000143. The van der Waals surface area contributed by atoms with Crippen molar-refractivity contribution in [1.29, 1.82) is 0 Å². The second-order valence-electron chi connectivity index (χ2n) is 4.50. The lowest BCUT2D eigenvalue weighted by atomic mass is 10.3. The molecule has 0 fully saturated rings. The third-order valence-corrected chi connectivity index (χ3v) is 2.13. The molecule has 0 aliphatic heterocycles. The van der Waals surface area contributed by atoms with E-state index in [9.17, 15) is 19.2 Å². The first kappa shape index (κ1) is 31.6. The zero-order chi connectivity index (χ0) is 21.4. The summed E-state index contributed by atoms with van der Waals surface area (Å²) in [6, 6.07) is 0. The second kappa shape index (κ2) is 27.6. The summed E-state index contributed by atoms with van der Waals surface area (Å²) >= 11 is 0. The molecule has 156 valence electrons. The van der Waals surface area contributed by atoms with Gasteiger partial charge in [-0.1, -0.05) is 0 Å². The summed E-state index contributed by atoms with van der Waals surface area (Å²) in [6.45, 7) is 0. The van der Waals surface area contributed by atoms with Crippen LogP contribution in [0, 0.1) is 0 Å². The Hall–Kier alpha value is -2.20. The Bertz CT molecular complexity index is 299. The van der Waals surface area contributed by atoms with Crippen LogP contribution in [-0.2, 0) is 28.7 Å². The van der Waals surface area contributed by atoms with Gasteiger partial charge in [0.1, 0.15) is 0 Å². The number of nitrogens with one attached hydrogen (secondary N) is 4. The third kappa shape index (κ3) is 37.8. The van der Waals surface area contributed by atoms with Crippen LogP contribution in [0.25, 0.3) is 0 Å². The van der Waals surface area contributed by atoms with Crippen molar-refractivity contribution in [2.75, 3.05) is 56.5 Å². The van der Waals surface area contributed by atoms with Gasteiger partial charge in [-0.15, -0.1) is 0 Å². The Morgan fingerprint density at radius 2 is 0.808 bits per heavy atom. The molecule has 0 heterocycles. The summed E-state index contributed by atoms with van der Waals surface area (Å²) in [6.07, 6.45) is 0.693. The summed E-state index contributed by atoms with van der Waals surface area (Å²) in [5.41, 5.74) is 0. The average Bonchev–Trinajstić information content (AvgIpc) is 2.65. The third-order valence-electron chi connectivity index (χ3n) is 2.13. The second-order valence-corrected chi connectivity index (χ2v) is 4.50. The lowest BCUT2D eigenvalue weighted by molar-refractivity contribution is -0.142. The largest absolute Gasteiger partial charge is 0.469 e. The Morgan fingerprint density at radius 1 is 0.577 bits per heavy atom. The van der Waals surface area contributed by atoms with E-state index in [0.717, 1.165) is 0 Å². The summed E-state index contributed by atoms with van der Waals surface area (Å²) in [4.78, 5) is 41.9. The molecule has 0 saturated carbocycles. The van der Waals surface area contributed by atoms with E-state index in [2.05, 4.69) is 30.7 Å². The number of hydrogen-bond donors (Lipinski definition) is 4. The summed E-state index contributed by atoms with van der Waals surface area (Å²) in [5.74, 6) is -1.01. The summed E-state index contributed by atoms with van der Waals surface area (Å²) < 4.78 is 8.65. The van der Waals surface area contributed by atoms with Gasteiger partial charge in [0.05, 0.1) is 27.1 Å². The molecule has 0 aromatic carbocycles. The number of esters is 2. The first-order valence-corrected chi connectivity index (χ1v) is 7.96. The number of hydrogen-bond acceptors (Lipinski definition) is 8. The maximum atomic E-state index is 10.5. The molecule has 0 atom stereocenters.